The van der Waals surface area contributed by atoms with Gasteiger partial charge in [0.05, 0.1) is 0 Å². The van der Waals surface area contributed by atoms with Gasteiger partial charge in [-0.3, -0.25) is 4.79 Å². The second-order valence-electron chi connectivity index (χ2n) is 4.41. The van der Waals surface area contributed by atoms with Gasteiger partial charge in [-0.1, -0.05) is 22.0 Å². The van der Waals surface area contributed by atoms with Crippen molar-refractivity contribution in [1.82, 2.24) is 4.98 Å². The summed E-state index contributed by atoms with van der Waals surface area (Å²) < 4.78 is 0.933. The normalized spacial score (nSPS) is 10.2. The van der Waals surface area contributed by atoms with E-state index in [2.05, 4.69) is 31.5 Å². The van der Waals surface area contributed by atoms with Crippen molar-refractivity contribution in [2.75, 3.05) is 17.2 Å². The van der Waals surface area contributed by atoms with Gasteiger partial charge in [0, 0.05) is 16.7 Å². The fraction of sp³-hybridized carbons (Fsp3) is 0.200. The molecule has 4 nitrogen and oxygen atoms in total. The molecule has 0 bridgehead atoms. The van der Waals surface area contributed by atoms with E-state index in [9.17, 15) is 4.79 Å². The van der Waals surface area contributed by atoms with E-state index in [-0.39, 0.29) is 5.91 Å². The minimum absolute atomic E-state index is 0.220. The molecule has 2 N–H and O–H groups in total. The molecule has 0 radical (unpaired) electrons. The molecule has 20 heavy (non-hydrogen) atoms. The average molecular weight is 334 g/mol. The number of anilines is 2. The van der Waals surface area contributed by atoms with Gasteiger partial charge >= 0.3 is 0 Å². The van der Waals surface area contributed by atoms with Crippen LogP contribution in [-0.2, 0) is 0 Å². The molecular formula is C15H16BrN3O. The number of rotatable bonds is 4. The van der Waals surface area contributed by atoms with Crippen molar-refractivity contribution in [3.63, 3.8) is 0 Å². The van der Waals surface area contributed by atoms with Crippen molar-refractivity contribution >= 4 is 33.3 Å². The number of pyridine rings is 1. The van der Waals surface area contributed by atoms with Crippen molar-refractivity contribution in [2.45, 2.75) is 13.8 Å². The molecule has 1 amide bonds. The Hall–Kier alpha value is -1.88. The number of nitrogens with zero attached hydrogens (tertiary/aromatic N) is 1. The molecule has 2 aromatic rings. The molecule has 104 valence electrons. The third-order valence-corrected chi connectivity index (χ3v) is 3.10. The number of carbonyl (C=O) groups excluding carboxylic acids is 1. The summed E-state index contributed by atoms with van der Waals surface area (Å²) in [5, 5.41) is 5.94. The van der Waals surface area contributed by atoms with E-state index in [4.69, 9.17) is 0 Å². The number of benzene rings is 1. The molecule has 0 aliphatic heterocycles. The van der Waals surface area contributed by atoms with Crippen molar-refractivity contribution < 1.29 is 4.79 Å². The molecule has 0 atom stereocenters. The zero-order valence-electron chi connectivity index (χ0n) is 11.4. The largest absolute Gasteiger partial charge is 0.370 e. The highest BCUT2D eigenvalue weighted by molar-refractivity contribution is 9.10. The van der Waals surface area contributed by atoms with Gasteiger partial charge in [0.15, 0.2) is 0 Å². The molecule has 0 aliphatic carbocycles. The first-order valence-corrected chi connectivity index (χ1v) is 7.17. The van der Waals surface area contributed by atoms with Crippen LogP contribution in [0.2, 0.25) is 0 Å². The summed E-state index contributed by atoms with van der Waals surface area (Å²) in [6.07, 6.45) is 0. The SMILES string of the molecule is CCNc1cccc(C(=O)Nc2cc(C)cc(Br)c2)n1. The maximum atomic E-state index is 12.2. The summed E-state index contributed by atoms with van der Waals surface area (Å²) in [4.78, 5) is 16.4. The Kier molecular flexibility index (Phi) is 4.74. The lowest BCUT2D eigenvalue weighted by Gasteiger charge is -2.08. The minimum Gasteiger partial charge on any atom is -0.370 e. The fourth-order valence-corrected chi connectivity index (χ4v) is 2.45. The van der Waals surface area contributed by atoms with E-state index in [0.29, 0.717) is 11.5 Å². The molecule has 0 fully saturated rings. The third kappa shape index (κ3) is 3.81. The van der Waals surface area contributed by atoms with Crippen molar-refractivity contribution in [2.24, 2.45) is 0 Å². The Morgan fingerprint density at radius 2 is 2.10 bits per heavy atom. The molecule has 5 heteroatoms. The fourth-order valence-electron chi connectivity index (χ4n) is 1.84. The van der Waals surface area contributed by atoms with Gasteiger partial charge in [0.2, 0.25) is 0 Å². The smallest absolute Gasteiger partial charge is 0.274 e. The number of amides is 1. The topological polar surface area (TPSA) is 54.0 Å². The second kappa shape index (κ2) is 6.52. The first-order chi connectivity index (χ1) is 9.58. The van der Waals surface area contributed by atoms with E-state index in [1.54, 1.807) is 6.07 Å². The Balaban J connectivity index is 2.17. The first-order valence-electron chi connectivity index (χ1n) is 6.38. The molecule has 1 heterocycles. The summed E-state index contributed by atoms with van der Waals surface area (Å²) >= 11 is 3.41. The van der Waals surface area contributed by atoms with Crippen LogP contribution in [0.3, 0.4) is 0 Å². The maximum Gasteiger partial charge on any atom is 0.274 e. The predicted octanol–water partition coefficient (Wildman–Crippen LogP) is 3.84. The van der Waals surface area contributed by atoms with E-state index < -0.39 is 0 Å². The molecule has 2 rings (SSSR count). The Morgan fingerprint density at radius 3 is 2.80 bits per heavy atom. The van der Waals surface area contributed by atoms with Gasteiger partial charge in [-0.15, -0.1) is 0 Å². The Bertz CT molecular complexity index is 608. The number of aromatic nitrogens is 1. The van der Waals surface area contributed by atoms with Crippen LogP contribution >= 0.6 is 15.9 Å². The Morgan fingerprint density at radius 1 is 1.30 bits per heavy atom. The summed E-state index contributed by atoms with van der Waals surface area (Å²) in [5.74, 6) is 0.479. The van der Waals surface area contributed by atoms with Crippen LogP contribution in [0.25, 0.3) is 0 Å². The van der Waals surface area contributed by atoms with E-state index in [0.717, 1.165) is 22.3 Å². The number of nitrogens with one attached hydrogen (secondary N) is 2. The van der Waals surface area contributed by atoms with Gasteiger partial charge < -0.3 is 10.6 Å². The van der Waals surface area contributed by atoms with Crippen LogP contribution in [0.1, 0.15) is 23.0 Å². The van der Waals surface area contributed by atoms with Crippen LogP contribution < -0.4 is 10.6 Å². The maximum absolute atomic E-state index is 12.2. The van der Waals surface area contributed by atoms with Gasteiger partial charge in [-0.2, -0.15) is 0 Å². The number of halogens is 1. The van der Waals surface area contributed by atoms with Crippen LogP contribution in [0.5, 0.6) is 0 Å². The zero-order valence-corrected chi connectivity index (χ0v) is 13.0. The standard InChI is InChI=1S/C15H16BrN3O/c1-3-17-14-6-4-5-13(19-14)15(20)18-12-8-10(2)7-11(16)9-12/h4-9H,3H2,1-2H3,(H,17,19)(H,18,20). The molecule has 0 spiro atoms. The highest BCUT2D eigenvalue weighted by Crippen LogP contribution is 2.19. The van der Waals surface area contributed by atoms with E-state index in [1.165, 1.54) is 0 Å². The van der Waals surface area contributed by atoms with Gasteiger partial charge in [0.1, 0.15) is 11.5 Å². The highest BCUT2D eigenvalue weighted by atomic mass is 79.9. The van der Waals surface area contributed by atoms with E-state index >= 15 is 0 Å². The molecule has 1 aromatic heterocycles. The van der Waals surface area contributed by atoms with Crippen molar-refractivity contribution in [1.29, 1.82) is 0 Å². The predicted molar refractivity (Wildman–Crippen MR) is 85.2 cm³/mol. The summed E-state index contributed by atoms with van der Waals surface area (Å²) in [7, 11) is 0. The highest BCUT2D eigenvalue weighted by Gasteiger charge is 2.09. The van der Waals surface area contributed by atoms with Crippen LogP contribution in [0, 0.1) is 6.92 Å². The third-order valence-electron chi connectivity index (χ3n) is 2.64. The number of carbonyl (C=O) groups is 1. The van der Waals surface area contributed by atoms with Crippen molar-refractivity contribution in [3.05, 3.63) is 52.1 Å². The lowest BCUT2D eigenvalue weighted by Crippen LogP contribution is -2.14. The molecule has 0 saturated heterocycles. The van der Waals surface area contributed by atoms with Gasteiger partial charge in [-0.25, -0.2) is 4.98 Å². The average Bonchev–Trinajstić information content (AvgIpc) is 2.38. The number of hydrogen-bond acceptors (Lipinski definition) is 3. The first kappa shape index (κ1) is 14.5. The summed E-state index contributed by atoms with van der Waals surface area (Å²) in [5.41, 5.74) is 2.21. The second-order valence-corrected chi connectivity index (χ2v) is 5.33. The van der Waals surface area contributed by atoms with E-state index in [1.807, 2.05) is 44.2 Å². The molecule has 0 unspecified atom stereocenters. The van der Waals surface area contributed by atoms with Crippen LogP contribution in [0.15, 0.2) is 40.9 Å². The summed E-state index contributed by atoms with van der Waals surface area (Å²) in [6, 6.07) is 11.1. The zero-order chi connectivity index (χ0) is 14.5. The monoisotopic (exact) mass is 333 g/mol. The summed E-state index contributed by atoms with van der Waals surface area (Å²) in [6.45, 7) is 4.73. The van der Waals surface area contributed by atoms with Gasteiger partial charge in [-0.05, 0) is 49.7 Å². The number of hydrogen-bond donors (Lipinski definition) is 2. The van der Waals surface area contributed by atoms with Crippen LogP contribution in [0.4, 0.5) is 11.5 Å². The molecular weight excluding hydrogens is 318 g/mol. The van der Waals surface area contributed by atoms with Crippen LogP contribution in [-0.4, -0.2) is 17.4 Å². The minimum atomic E-state index is -0.220. The van der Waals surface area contributed by atoms with Crippen molar-refractivity contribution in [3.8, 4) is 0 Å². The molecule has 1 aromatic carbocycles. The molecule has 0 aliphatic rings. The quantitative estimate of drug-likeness (QED) is 0.893. The molecule has 0 saturated carbocycles. The lowest BCUT2D eigenvalue weighted by atomic mass is 10.2. The van der Waals surface area contributed by atoms with Gasteiger partial charge in [0.25, 0.3) is 5.91 Å². The number of aryl methyl sites for hydroxylation is 1. The Labute approximate surface area is 126 Å². The lowest BCUT2D eigenvalue weighted by molar-refractivity contribution is 0.102.